The number of hydrogen-bond donors (Lipinski definition) is 1. The molecule has 0 aliphatic carbocycles. The molecule has 0 aromatic heterocycles. The Labute approximate surface area is 149 Å². The first-order valence-corrected chi connectivity index (χ1v) is 8.38. The second-order valence-corrected chi connectivity index (χ2v) is 5.89. The molecule has 0 aliphatic rings. The molecule has 1 N–H and O–H groups in total. The Morgan fingerprint density at radius 1 is 0.760 bits per heavy atom. The lowest BCUT2D eigenvalue weighted by Gasteiger charge is -2.36. The highest BCUT2D eigenvalue weighted by Gasteiger charge is 2.37. The summed E-state index contributed by atoms with van der Waals surface area (Å²) in [7, 11) is 0. The lowest BCUT2D eigenvalue weighted by molar-refractivity contribution is -0.0248. The molecule has 0 amide bonds. The molecule has 3 aromatic rings. The van der Waals surface area contributed by atoms with Crippen LogP contribution >= 0.6 is 0 Å². The average molecular weight is 330 g/mol. The molecule has 0 radical (unpaired) electrons. The second kappa shape index (κ2) is 7.93. The number of aliphatic hydroxyl groups excluding tert-OH is 1. The van der Waals surface area contributed by atoms with Gasteiger partial charge in [-0.1, -0.05) is 97.1 Å². The quantitative estimate of drug-likeness (QED) is 0.509. The predicted octanol–water partition coefficient (Wildman–Crippen LogP) is 4.54. The molecule has 0 aliphatic heterocycles. The highest BCUT2D eigenvalue weighted by atomic mass is 16.5. The van der Waals surface area contributed by atoms with Gasteiger partial charge in [0, 0.05) is 0 Å². The number of aliphatic hydroxyl groups is 1. The molecule has 0 bridgehead atoms. The van der Waals surface area contributed by atoms with E-state index in [1.165, 1.54) is 6.08 Å². The van der Waals surface area contributed by atoms with Crippen LogP contribution in [0, 0.1) is 0 Å². The van der Waals surface area contributed by atoms with Gasteiger partial charge in [0.15, 0.2) is 0 Å². The summed E-state index contributed by atoms with van der Waals surface area (Å²) in [6.07, 6.45) is 0.765. The Morgan fingerprint density at radius 2 is 1.12 bits per heavy atom. The van der Waals surface area contributed by atoms with Crippen LogP contribution in [0.5, 0.6) is 0 Å². The van der Waals surface area contributed by atoms with Crippen molar-refractivity contribution in [2.75, 3.05) is 6.61 Å². The standard InChI is InChI=1S/C23H22O2/c1-2-22(24)18-25-23(19-12-6-3-7-13-19,20-14-8-4-9-15-20)21-16-10-5-11-17-21/h2-17,22,24H,1,18H2/t22-/m1/s1. The van der Waals surface area contributed by atoms with E-state index in [-0.39, 0.29) is 6.61 Å². The van der Waals surface area contributed by atoms with Gasteiger partial charge in [-0.2, -0.15) is 0 Å². The molecule has 3 rings (SSSR count). The largest absolute Gasteiger partial charge is 0.387 e. The predicted molar refractivity (Wildman–Crippen MR) is 101 cm³/mol. The van der Waals surface area contributed by atoms with E-state index in [1.54, 1.807) is 0 Å². The van der Waals surface area contributed by atoms with E-state index in [0.717, 1.165) is 16.7 Å². The van der Waals surface area contributed by atoms with Crippen LogP contribution < -0.4 is 0 Å². The Morgan fingerprint density at radius 3 is 1.44 bits per heavy atom. The topological polar surface area (TPSA) is 29.5 Å². The Hall–Kier alpha value is -2.68. The maximum Gasteiger partial charge on any atom is 0.143 e. The number of rotatable bonds is 7. The van der Waals surface area contributed by atoms with Crippen molar-refractivity contribution >= 4 is 0 Å². The first kappa shape index (κ1) is 17.2. The fourth-order valence-corrected chi connectivity index (χ4v) is 3.05. The fourth-order valence-electron chi connectivity index (χ4n) is 3.05. The van der Waals surface area contributed by atoms with Gasteiger partial charge in [0.1, 0.15) is 5.60 Å². The van der Waals surface area contributed by atoms with E-state index in [1.807, 2.05) is 54.6 Å². The van der Waals surface area contributed by atoms with Crippen LogP contribution in [-0.4, -0.2) is 17.8 Å². The van der Waals surface area contributed by atoms with Crippen molar-refractivity contribution in [3.8, 4) is 0 Å². The summed E-state index contributed by atoms with van der Waals surface area (Å²) >= 11 is 0. The zero-order chi connectivity index (χ0) is 17.5. The third-order valence-electron chi connectivity index (χ3n) is 4.28. The van der Waals surface area contributed by atoms with Crippen molar-refractivity contribution in [3.05, 3.63) is 120 Å². The first-order valence-electron chi connectivity index (χ1n) is 8.38. The van der Waals surface area contributed by atoms with Gasteiger partial charge in [-0.25, -0.2) is 0 Å². The third kappa shape index (κ3) is 3.55. The summed E-state index contributed by atoms with van der Waals surface area (Å²) in [6.45, 7) is 3.80. The number of hydrogen-bond acceptors (Lipinski definition) is 2. The van der Waals surface area contributed by atoms with Crippen molar-refractivity contribution in [1.29, 1.82) is 0 Å². The summed E-state index contributed by atoms with van der Waals surface area (Å²) in [6, 6.07) is 30.3. The van der Waals surface area contributed by atoms with Gasteiger partial charge in [0.05, 0.1) is 12.7 Å². The molecule has 0 unspecified atom stereocenters. The van der Waals surface area contributed by atoms with Gasteiger partial charge in [0.2, 0.25) is 0 Å². The van der Waals surface area contributed by atoms with Gasteiger partial charge in [-0.15, -0.1) is 6.58 Å². The van der Waals surface area contributed by atoms with E-state index in [0.29, 0.717) is 0 Å². The number of benzene rings is 3. The maximum absolute atomic E-state index is 10.0. The van der Waals surface area contributed by atoms with Crippen LogP contribution in [0.1, 0.15) is 16.7 Å². The molecule has 0 saturated heterocycles. The van der Waals surface area contributed by atoms with Gasteiger partial charge < -0.3 is 9.84 Å². The summed E-state index contributed by atoms with van der Waals surface area (Å²) in [4.78, 5) is 0. The van der Waals surface area contributed by atoms with Gasteiger partial charge in [-0.3, -0.25) is 0 Å². The van der Waals surface area contributed by atoms with Crippen LogP contribution in [-0.2, 0) is 10.3 Å². The molecule has 126 valence electrons. The zero-order valence-corrected chi connectivity index (χ0v) is 14.1. The van der Waals surface area contributed by atoms with Crippen molar-refractivity contribution < 1.29 is 9.84 Å². The van der Waals surface area contributed by atoms with Gasteiger partial charge in [0.25, 0.3) is 0 Å². The van der Waals surface area contributed by atoms with E-state index >= 15 is 0 Å². The summed E-state index contributed by atoms with van der Waals surface area (Å²) < 4.78 is 6.42. The minimum absolute atomic E-state index is 0.155. The molecule has 25 heavy (non-hydrogen) atoms. The van der Waals surface area contributed by atoms with E-state index in [9.17, 15) is 5.11 Å². The van der Waals surface area contributed by atoms with E-state index in [2.05, 4.69) is 43.0 Å². The monoisotopic (exact) mass is 330 g/mol. The van der Waals surface area contributed by atoms with Crippen molar-refractivity contribution in [2.45, 2.75) is 11.7 Å². The van der Waals surface area contributed by atoms with Crippen LogP contribution in [0.3, 0.4) is 0 Å². The number of ether oxygens (including phenoxy) is 1. The van der Waals surface area contributed by atoms with Gasteiger partial charge >= 0.3 is 0 Å². The summed E-state index contributed by atoms with van der Waals surface area (Å²) in [5, 5.41) is 10.0. The highest BCUT2D eigenvalue weighted by molar-refractivity contribution is 5.47. The molecule has 0 heterocycles. The fraction of sp³-hybridized carbons (Fsp3) is 0.130. The molecule has 2 heteroatoms. The van der Waals surface area contributed by atoms with Gasteiger partial charge in [-0.05, 0) is 16.7 Å². The van der Waals surface area contributed by atoms with Crippen molar-refractivity contribution in [2.24, 2.45) is 0 Å². The van der Waals surface area contributed by atoms with Crippen molar-refractivity contribution in [1.82, 2.24) is 0 Å². The minimum Gasteiger partial charge on any atom is -0.387 e. The van der Waals surface area contributed by atoms with Crippen LogP contribution in [0.2, 0.25) is 0 Å². The van der Waals surface area contributed by atoms with Crippen LogP contribution in [0.4, 0.5) is 0 Å². The Bertz CT molecular complexity index is 685. The summed E-state index contributed by atoms with van der Waals surface area (Å²) in [5.41, 5.74) is 2.25. The molecule has 1 atom stereocenters. The molecular formula is C23H22O2. The third-order valence-corrected chi connectivity index (χ3v) is 4.28. The Balaban J connectivity index is 2.22. The molecule has 2 nitrogen and oxygen atoms in total. The molecule has 0 fully saturated rings. The highest BCUT2D eigenvalue weighted by Crippen LogP contribution is 2.40. The van der Waals surface area contributed by atoms with Crippen LogP contribution in [0.15, 0.2) is 104 Å². The van der Waals surface area contributed by atoms with Crippen molar-refractivity contribution in [3.63, 3.8) is 0 Å². The molecule has 3 aromatic carbocycles. The van der Waals surface area contributed by atoms with E-state index < -0.39 is 11.7 Å². The Kier molecular flexibility index (Phi) is 5.44. The maximum atomic E-state index is 10.0. The summed E-state index contributed by atoms with van der Waals surface area (Å²) in [5.74, 6) is 0. The lowest BCUT2D eigenvalue weighted by atomic mass is 9.80. The van der Waals surface area contributed by atoms with Crippen LogP contribution in [0.25, 0.3) is 0 Å². The smallest absolute Gasteiger partial charge is 0.143 e. The normalized spacial score (nSPS) is 12.5. The SMILES string of the molecule is C=C[C@@H](O)COC(c1ccccc1)(c1ccccc1)c1ccccc1. The molecular weight excluding hydrogens is 308 g/mol. The molecule has 0 spiro atoms. The second-order valence-electron chi connectivity index (χ2n) is 5.89. The lowest BCUT2D eigenvalue weighted by Crippen LogP contribution is -2.35. The molecule has 0 saturated carbocycles. The zero-order valence-electron chi connectivity index (χ0n) is 14.1. The van der Waals surface area contributed by atoms with E-state index in [4.69, 9.17) is 4.74 Å². The minimum atomic E-state index is -0.798. The average Bonchev–Trinajstić information content (AvgIpc) is 2.71. The first-order chi connectivity index (χ1) is 12.3.